The van der Waals surface area contributed by atoms with Crippen LogP contribution in [0, 0.1) is 5.82 Å². The molecule has 94 valence electrons. The number of esters is 1. The highest BCUT2D eigenvalue weighted by Gasteiger charge is 2.28. The highest BCUT2D eigenvalue weighted by Crippen LogP contribution is 2.23. The summed E-state index contributed by atoms with van der Waals surface area (Å²) in [5, 5.41) is 0. The van der Waals surface area contributed by atoms with Crippen LogP contribution in [0.4, 0.5) is 8.78 Å². The minimum atomic E-state index is -1.97. The van der Waals surface area contributed by atoms with Gasteiger partial charge in [0, 0.05) is 0 Å². The van der Waals surface area contributed by atoms with E-state index in [1.54, 1.807) is 6.92 Å². The van der Waals surface area contributed by atoms with Gasteiger partial charge in [-0.15, -0.1) is 0 Å². The first-order chi connectivity index (χ1) is 7.97. The Morgan fingerprint density at radius 2 is 2.24 bits per heavy atom. The van der Waals surface area contributed by atoms with Crippen molar-refractivity contribution in [3.8, 4) is 0 Å². The molecule has 1 aromatic carbocycles. The van der Waals surface area contributed by atoms with Gasteiger partial charge >= 0.3 is 5.97 Å². The monoisotopic (exact) mass is 307 g/mol. The first kappa shape index (κ1) is 14.1. The van der Waals surface area contributed by atoms with Crippen molar-refractivity contribution in [2.75, 3.05) is 6.61 Å². The SMILES string of the molecule is CCOC(=O)C(F)[C@H](N)c1ccc(F)c(Br)c1. The molecular weight excluding hydrogens is 296 g/mol. The predicted octanol–water partition coefficient (Wildman–Crippen LogP) is 2.49. The lowest BCUT2D eigenvalue weighted by molar-refractivity contribution is -0.149. The minimum Gasteiger partial charge on any atom is -0.464 e. The van der Waals surface area contributed by atoms with Crippen molar-refractivity contribution in [3.05, 3.63) is 34.1 Å². The highest BCUT2D eigenvalue weighted by molar-refractivity contribution is 9.10. The second-order valence-corrected chi connectivity index (χ2v) is 4.21. The van der Waals surface area contributed by atoms with Crippen molar-refractivity contribution in [1.29, 1.82) is 0 Å². The van der Waals surface area contributed by atoms with E-state index in [9.17, 15) is 13.6 Å². The maximum Gasteiger partial charge on any atom is 0.342 e. The molecule has 0 heterocycles. The van der Waals surface area contributed by atoms with Gasteiger partial charge in [0.1, 0.15) is 5.82 Å². The van der Waals surface area contributed by atoms with E-state index in [0.717, 1.165) is 6.07 Å². The van der Waals surface area contributed by atoms with Gasteiger partial charge in [-0.25, -0.2) is 13.6 Å². The van der Waals surface area contributed by atoms with Crippen LogP contribution in [-0.2, 0) is 9.53 Å². The number of carbonyl (C=O) groups is 1. The third-order valence-electron chi connectivity index (χ3n) is 2.16. The third-order valence-corrected chi connectivity index (χ3v) is 2.76. The molecule has 0 aliphatic rings. The summed E-state index contributed by atoms with van der Waals surface area (Å²) in [6.45, 7) is 1.66. The largest absolute Gasteiger partial charge is 0.464 e. The fourth-order valence-corrected chi connectivity index (χ4v) is 1.65. The Labute approximate surface area is 106 Å². The Hall–Kier alpha value is -1.01. The molecule has 2 atom stereocenters. The molecule has 1 aromatic rings. The zero-order chi connectivity index (χ0) is 13.0. The van der Waals surface area contributed by atoms with Crippen molar-refractivity contribution in [2.24, 2.45) is 5.73 Å². The molecule has 0 saturated heterocycles. The number of hydrogen-bond donors (Lipinski definition) is 1. The van der Waals surface area contributed by atoms with Crippen LogP contribution in [0.5, 0.6) is 0 Å². The number of nitrogens with two attached hydrogens (primary N) is 1. The average molecular weight is 308 g/mol. The zero-order valence-electron chi connectivity index (χ0n) is 9.12. The van der Waals surface area contributed by atoms with Crippen LogP contribution in [0.2, 0.25) is 0 Å². The summed E-state index contributed by atoms with van der Waals surface area (Å²) >= 11 is 2.96. The smallest absolute Gasteiger partial charge is 0.342 e. The Kier molecular flexibility index (Phi) is 5.02. The summed E-state index contributed by atoms with van der Waals surface area (Å²) in [6, 6.07) is 2.64. The van der Waals surface area contributed by atoms with E-state index in [4.69, 9.17) is 5.73 Å². The van der Waals surface area contributed by atoms with E-state index in [2.05, 4.69) is 20.7 Å². The van der Waals surface area contributed by atoms with Crippen molar-refractivity contribution in [2.45, 2.75) is 19.1 Å². The van der Waals surface area contributed by atoms with Gasteiger partial charge in [0.05, 0.1) is 17.1 Å². The minimum absolute atomic E-state index is 0.0824. The average Bonchev–Trinajstić information content (AvgIpc) is 2.31. The first-order valence-electron chi connectivity index (χ1n) is 4.98. The molecule has 1 rings (SSSR count). The molecule has 3 nitrogen and oxygen atoms in total. The van der Waals surface area contributed by atoms with Gasteiger partial charge < -0.3 is 10.5 Å². The van der Waals surface area contributed by atoms with Crippen molar-refractivity contribution in [1.82, 2.24) is 0 Å². The van der Waals surface area contributed by atoms with Crippen LogP contribution < -0.4 is 5.73 Å². The molecule has 0 spiro atoms. The van der Waals surface area contributed by atoms with Crippen molar-refractivity contribution in [3.63, 3.8) is 0 Å². The summed E-state index contributed by atoms with van der Waals surface area (Å²) in [6.07, 6.45) is -1.97. The Morgan fingerprint density at radius 3 is 2.76 bits per heavy atom. The Bertz CT molecular complexity index is 414. The first-order valence-corrected chi connectivity index (χ1v) is 5.78. The summed E-state index contributed by atoms with van der Waals surface area (Å²) in [7, 11) is 0. The second kappa shape index (κ2) is 6.07. The zero-order valence-corrected chi connectivity index (χ0v) is 10.7. The summed E-state index contributed by atoms with van der Waals surface area (Å²) in [5.74, 6) is -1.49. The van der Waals surface area contributed by atoms with Crippen LogP contribution in [-0.4, -0.2) is 18.7 Å². The lowest BCUT2D eigenvalue weighted by atomic mass is 10.0. The molecule has 0 bridgehead atoms. The topological polar surface area (TPSA) is 52.3 Å². The van der Waals surface area contributed by atoms with E-state index in [-0.39, 0.29) is 11.1 Å². The fourth-order valence-electron chi connectivity index (χ4n) is 1.26. The quantitative estimate of drug-likeness (QED) is 0.870. The number of rotatable bonds is 4. The molecule has 2 N–H and O–H groups in total. The van der Waals surface area contributed by atoms with E-state index in [1.165, 1.54) is 12.1 Å². The normalized spacial score (nSPS) is 14.2. The van der Waals surface area contributed by atoms with Gasteiger partial charge in [-0.3, -0.25) is 0 Å². The van der Waals surface area contributed by atoms with Gasteiger partial charge in [-0.05, 0) is 40.5 Å². The maximum atomic E-state index is 13.6. The Morgan fingerprint density at radius 1 is 1.59 bits per heavy atom. The molecule has 17 heavy (non-hydrogen) atoms. The van der Waals surface area contributed by atoms with Crippen LogP contribution >= 0.6 is 15.9 Å². The van der Waals surface area contributed by atoms with Crippen LogP contribution in [0.25, 0.3) is 0 Å². The fraction of sp³-hybridized carbons (Fsp3) is 0.364. The van der Waals surface area contributed by atoms with Gasteiger partial charge in [-0.1, -0.05) is 6.07 Å². The number of alkyl halides is 1. The molecule has 0 saturated carbocycles. The van der Waals surface area contributed by atoms with Gasteiger partial charge in [0.2, 0.25) is 6.17 Å². The van der Waals surface area contributed by atoms with Crippen LogP contribution in [0.3, 0.4) is 0 Å². The van der Waals surface area contributed by atoms with Gasteiger partial charge in [-0.2, -0.15) is 0 Å². The van der Waals surface area contributed by atoms with E-state index in [0.29, 0.717) is 5.56 Å². The lowest BCUT2D eigenvalue weighted by Gasteiger charge is -2.16. The number of carbonyl (C=O) groups excluding carboxylic acids is 1. The van der Waals surface area contributed by atoms with Crippen molar-refractivity contribution >= 4 is 21.9 Å². The summed E-state index contributed by atoms with van der Waals surface area (Å²) < 4.78 is 31.2. The molecule has 0 fully saturated rings. The van der Waals surface area contributed by atoms with Crippen LogP contribution in [0.1, 0.15) is 18.5 Å². The van der Waals surface area contributed by atoms with E-state index in [1.807, 2.05) is 0 Å². The van der Waals surface area contributed by atoms with E-state index >= 15 is 0 Å². The number of halogens is 3. The predicted molar refractivity (Wildman–Crippen MR) is 62.6 cm³/mol. The maximum absolute atomic E-state index is 13.6. The number of hydrogen-bond acceptors (Lipinski definition) is 3. The standard InChI is InChI=1S/C11H12BrF2NO2/c1-2-17-11(16)9(14)10(15)6-3-4-8(13)7(12)5-6/h3-5,9-10H,2,15H2,1H3/t9?,10-/m1/s1. The van der Waals surface area contributed by atoms with E-state index < -0.39 is 24.0 Å². The van der Waals surface area contributed by atoms with Gasteiger partial charge in [0.15, 0.2) is 0 Å². The molecule has 0 aliphatic heterocycles. The number of ether oxygens (including phenoxy) is 1. The molecule has 0 aromatic heterocycles. The van der Waals surface area contributed by atoms with Gasteiger partial charge in [0.25, 0.3) is 0 Å². The summed E-state index contributed by atoms with van der Waals surface area (Å²) in [5.41, 5.74) is 5.89. The highest BCUT2D eigenvalue weighted by atomic mass is 79.9. The molecule has 0 amide bonds. The Balaban J connectivity index is 2.84. The molecular formula is C11H12BrF2NO2. The molecule has 1 unspecified atom stereocenters. The second-order valence-electron chi connectivity index (χ2n) is 3.35. The molecule has 0 radical (unpaired) electrons. The molecule has 0 aliphatic carbocycles. The summed E-state index contributed by atoms with van der Waals surface area (Å²) in [4.78, 5) is 11.1. The third kappa shape index (κ3) is 3.47. The lowest BCUT2D eigenvalue weighted by Crippen LogP contribution is -2.31. The molecule has 6 heteroatoms. The van der Waals surface area contributed by atoms with Crippen LogP contribution in [0.15, 0.2) is 22.7 Å². The number of benzene rings is 1. The van der Waals surface area contributed by atoms with Crippen molar-refractivity contribution < 1.29 is 18.3 Å².